The van der Waals surface area contributed by atoms with Gasteiger partial charge in [-0.1, -0.05) is 11.8 Å². The fraction of sp³-hybridized carbons (Fsp3) is 0.176. The first kappa shape index (κ1) is 20.0. The Morgan fingerprint density at radius 1 is 1.29 bits per heavy atom. The van der Waals surface area contributed by atoms with Crippen molar-refractivity contribution >= 4 is 45.1 Å². The Bertz CT molecular complexity index is 1080. The number of aromatic nitrogens is 2. The number of alkyl halides is 2. The van der Waals surface area contributed by atoms with Gasteiger partial charge in [-0.25, -0.2) is 4.98 Å². The van der Waals surface area contributed by atoms with Gasteiger partial charge in [0.25, 0.3) is 11.5 Å². The Hall–Kier alpha value is -2.79. The molecule has 0 aliphatic heterocycles. The van der Waals surface area contributed by atoms with E-state index in [4.69, 9.17) is 0 Å². The summed E-state index contributed by atoms with van der Waals surface area (Å²) in [7, 11) is 1.56. The Morgan fingerprint density at radius 3 is 2.68 bits per heavy atom. The van der Waals surface area contributed by atoms with Gasteiger partial charge in [0.1, 0.15) is 10.4 Å². The first-order chi connectivity index (χ1) is 13.3. The summed E-state index contributed by atoms with van der Waals surface area (Å²) in [5, 5.41) is 4.31. The minimum Gasteiger partial charge on any atom is -0.435 e. The van der Waals surface area contributed by atoms with Crippen LogP contribution in [0.5, 0.6) is 5.75 Å². The van der Waals surface area contributed by atoms with Gasteiger partial charge in [0.15, 0.2) is 5.16 Å². The molecule has 2 amide bonds. The van der Waals surface area contributed by atoms with E-state index in [-0.39, 0.29) is 22.6 Å². The van der Waals surface area contributed by atoms with E-state index in [1.54, 1.807) is 18.5 Å². The molecule has 2 heterocycles. The molecular formula is C17H13F2N3O4S2. The number of nitrogens with one attached hydrogen (secondary N) is 1. The van der Waals surface area contributed by atoms with Gasteiger partial charge in [0.05, 0.1) is 11.3 Å². The second kappa shape index (κ2) is 8.48. The van der Waals surface area contributed by atoms with Gasteiger partial charge < -0.3 is 4.74 Å². The van der Waals surface area contributed by atoms with Crippen molar-refractivity contribution in [1.82, 2.24) is 14.9 Å². The van der Waals surface area contributed by atoms with Crippen molar-refractivity contribution in [2.24, 2.45) is 7.05 Å². The maximum absolute atomic E-state index is 12.2. The van der Waals surface area contributed by atoms with Crippen LogP contribution in [0, 0.1) is 0 Å². The number of carbonyl (C=O) groups excluding carboxylic acids is 2. The molecular weight excluding hydrogens is 412 g/mol. The second-order valence-electron chi connectivity index (χ2n) is 5.46. The molecule has 0 bridgehead atoms. The van der Waals surface area contributed by atoms with Crippen LogP contribution in [0.2, 0.25) is 0 Å². The Morgan fingerprint density at radius 2 is 2.00 bits per heavy atom. The number of fused-ring (bicyclic) bond motifs is 1. The molecule has 7 nitrogen and oxygen atoms in total. The molecule has 1 aromatic carbocycles. The van der Waals surface area contributed by atoms with E-state index in [1.165, 1.54) is 40.2 Å². The average Bonchev–Trinajstić information content (AvgIpc) is 3.12. The predicted octanol–water partition coefficient (Wildman–Crippen LogP) is 2.65. The summed E-state index contributed by atoms with van der Waals surface area (Å²) < 4.78 is 30.3. The van der Waals surface area contributed by atoms with E-state index in [9.17, 15) is 23.2 Å². The van der Waals surface area contributed by atoms with E-state index in [1.807, 2.05) is 0 Å². The lowest BCUT2D eigenvalue weighted by molar-refractivity contribution is -0.117. The van der Waals surface area contributed by atoms with Crippen LogP contribution in [0.1, 0.15) is 10.4 Å². The molecule has 146 valence electrons. The number of halogens is 2. The number of nitrogens with zero attached hydrogens (tertiary/aromatic N) is 2. The molecule has 11 heteroatoms. The number of hydrogen-bond acceptors (Lipinski definition) is 7. The highest BCUT2D eigenvalue weighted by Crippen LogP contribution is 2.20. The van der Waals surface area contributed by atoms with E-state index in [2.05, 4.69) is 15.0 Å². The molecule has 3 aromatic rings. The number of benzene rings is 1. The Kier molecular flexibility index (Phi) is 6.05. The zero-order valence-corrected chi connectivity index (χ0v) is 16.0. The number of thiophene rings is 1. The molecule has 3 rings (SSSR count). The summed E-state index contributed by atoms with van der Waals surface area (Å²) in [5.74, 6) is -1.48. The molecule has 0 unspecified atom stereocenters. The summed E-state index contributed by atoms with van der Waals surface area (Å²) >= 11 is 2.31. The van der Waals surface area contributed by atoms with Gasteiger partial charge in [-0.3, -0.25) is 24.3 Å². The zero-order valence-electron chi connectivity index (χ0n) is 14.3. The number of thioether (sulfide) groups is 1. The average molecular weight is 425 g/mol. The monoisotopic (exact) mass is 425 g/mol. The molecule has 0 saturated heterocycles. The maximum atomic E-state index is 12.2. The molecule has 28 heavy (non-hydrogen) atoms. The minimum atomic E-state index is -2.96. The topological polar surface area (TPSA) is 90.3 Å². The molecule has 0 spiro atoms. The molecule has 1 N–H and O–H groups in total. The first-order valence-corrected chi connectivity index (χ1v) is 9.68. The number of amides is 2. The molecule has 2 aromatic heterocycles. The normalized spacial score (nSPS) is 11.0. The van der Waals surface area contributed by atoms with Crippen molar-refractivity contribution in [2.75, 3.05) is 5.75 Å². The van der Waals surface area contributed by atoms with E-state index in [0.29, 0.717) is 15.4 Å². The van der Waals surface area contributed by atoms with Gasteiger partial charge in [0, 0.05) is 12.6 Å². The van der Waals surface area contributed by atoms with E-state index < -0.39 is 18.4 Å². The van der Waals surface area contributed by atoms with Crippen LogP contribution in [-0.2, 0) is 11.8 Å². The molecule has 0 saturated carbocycles. The smallest absolute Gasteiger partial charge is 0.387 e. The fourth-order valence-electron chi connectivity index (χ4n) is 2.25. The Balaban J connectivity index is 1.60. The van der Waals surface area contributed by atoms with Crippen LogP contribution in [0.4, 0.5) is 8.78 Å². The zero-order chi connectivity index (χ0) is 20.3. The molecule has 0 radical (unpaired) electrons. The van der Waals surface area contributed by atoms with Crippen molar-refractivity contribution < 1.29 is 23.1 Å². The second-order valence-corrected chi connectivity index (χ2v) is 7.32. The lowest BCUT2D eigenvalue weighted by Gasteiger charge is -2.08. The first-order valence-electron chi connectivity index (χ1n) is 7.81. The van der Waals surface area contributed by atoms with Gasteiger partial charge >= 0.3 is 6.61 Å². The van der Waals surface area contributed by atoms with Crippen molar-refractivity contribution in [3.05, 3.63) is 51.6 Å². The highest BCUT2D eigenvalue weighted by atomic mass is 32.2. The summed E-state index contributed by atoms with van der Waals surface area (Å²) in [6, 6.07) is 6.66. The summed E-state index contributed by atoms with van der Waals surface area (Å²) in [6.07, 6.45) is 0. The van der Waals surface area contributed by atoms with Crippen molar-refractivity contribution in [1.29, 1.82) is 0 Å². The van der Waals surface area contributed by atoms with Crippen LogP contribution in [0.25, 0.3) is 10.2 Å². The number of hydrogen-bond donors (Lipinski definition) is 1. The lowest BCUT2D eigenvalue weighted by atomic mass is 10.2. The predicted molar refractivity (Wildman–Crippen MR) is 101 cm³/mol. The van der Waals surface area contributed by atoms with E-state index in [0.717, 1.165) is 11.8 Å². The fourth-order valence-corrected chi connectivity index (χ4v) is 3.83. The Labute approximate surface area is 165 Å². The third kappa shape index (κ3) is 4.54. The lowest BCUT2D eigenvalue weighted by Crippen LogP contribution is -2.32. The molecule has 0 aliphatic carbocycles. The summed E-state index contributed by atoms with van der Waals surface area (Å²) in [6.45, 7) is -2.96. The SMILES string of the molecule is Cn1c(SCC(=O)NC(=O)c2ccc(OC(F)F)cc2)nc2ccsc2c1=O. The van der Waals surface area contributed by atoms with Crippen LogP contribution in [0.15, 0.2) is 45.7 Å². The number of ether oxygens (including phenoxy) is 1. The maximum Gasteiger partial charge on any atom is 0.387 e. The largest absolute Gasteiger partial charge is 0.435 e. The minimum absolute atomic E-state index is 0.0933. The van der Waals surface area contributed by atoms with Gasteiger partial charge in [-0.15, -0.1) is 11.3 Å². The standard InChI is InChI=1S/C17H13F2N3O4S2/c1-22-15(25)13-11(6-7-27-13)20-17(22)28-8-12(23)21-14(24)9-2-4-10(5-3-9)26-16(18)19/h2-7,16H,8H2,1H3,(H,21,23,24). The number of imide groups is 1. The quantitative estimate of drug-likeness (QED) is 0.482. The number of rotatable bonds is 6. The van der Waals surface area contributed by atoms with Gasteiger partial charge in [-0.05, 0) is 35.7 Å². The summed E-state index contributed by atoms with van der Waals surface area (Å²) in [5.41, 5.74) is 0.466. The van der Waals surface area contributed by atoms with Gasteiger partial charge in [0.2, 0.25) is 5.91 Å². The third-order valence-corrected chi connectivity index (χ3v) is 5.49. The third-order valence-electron chi connectivity index (χ3n) is 3.57. The molecule has 0 aliphatic rings. The highest BCUT2D eigenvalue weighted by molar-refractivity contribution is 7.99. The van der Waals surface area contributed by atoms with Crippen LogP contribution in [0.3, 0.4) is 0 Å². The van der Waals surface area contributed by atoms with Crippen LogP contribution >= 0.6 is 23.1 Å². The van der Waals surface area contributed by atoms with Gasteiger partial charge in [-0.2, -0.15) is 8.78 Å². The van der Waals surface area contributed by atoms with Crippen LogP contribution < -0.4 is 15.6 Å². The summed E-state index contributed by atoms with van der Waals surface area (Å²) in [4.78, 5) is 40.6. The van der Waals surface area contributed by atoms with Crippen molar-refractivity contribution in [3.8, 4) is 5.75 Å². The van der Waals surface area contributed by atoms with Crippen molar-refractivity contribution in [2.45, 2.75) is 11.8 Å². The van der Waals surface area contributed by atoms with Crippen molar-refractivity contribution in [3.63, 3.8) is 0 Å². The van der Waals surface area contributed by atoms with Crippen LogP contribution in [-0.4, -0.2) is 33.7 Å². The highest BCUT2D eigenvalue weighted by Gasteiger charge is 2.14. The number of carbonyl (C=O) groups is 2. The molecule has 0 fully saturated rings. The van der Waals surface area contributed by atoms with E-state index >= 15 is 0 Å². The molecule has 0 atom stereocenters.